The summed E-state index contributed by atoms with van der Waals surface area (Å²) < 4.78 is 6.77. The molecule has 0 aromatic carbocycles. The van der Waals surface area contributed by atoms with Crippen molar-refractivity contribution in [2.45, 2.75) is 26.9 Å². The lowest BCUT2D eigenvalue weighted by Crippen LogP contribution is -2.21. The Morgan fingerprint density at radius 3 is 2.86 bits per heavy atom. The van der Waals surface area contributed by atoms with Gasteiger partial charge in [-0.15, -0.1) is 0 Å². The second-order valence-electron chi connectivity index (χ2n) is 6.42. The van der Waals surface area contributed by atoms with E-state index in [0.717, 1.165) is 22.5 Å². The summed E-state index contributed by atoms with van der Waals surface area (Å²) >= 11 is 5.94. The van der Waals surface area contributed by atoms with Crippen molar-refractivity contribution < 1.29 is 9.53 Å². The quantitative estimate of drug-likeness (QED) is 0.373. The van der Waals surface area contributed by atoms with Crippen LogP contribution in [0.25, 0.3) is 11.3 Å². The standard InChI is InChI=1S/C20H22ClN5O2/c1-13-10-23-20(21)25-18(13)15-9-17(19(27)28-3)26(12-15)8-7-22-11-16-6-4-5-14(2)24-16/h4-6,9-10,12,22H,7-8,11H2,1-3H3. The van der Waals surface area contributed by atoms with E-state index in [2.05, 4.69) is 20.3 Å². The van der Waals surface area contributed by atoms with Crippen LogP contribution in [0.1, 0.15) is 27.4 Å². The number of nitrogens with one attached hydrogen (secondary N) is 1. The maximum atomic E-state index is 12.2. The maximum Gasteiger partial charge on any atom is 0.354 e. The first-order valence-electron chi connectivity index (χ1n) is 8.89. The van der Waals surface area contributed by atoms with E-state index in [9.17, 15) is 4.79 Å². The summed E-state index contributed by atoms with van der Waals surface area (Å²) in [6, 6.07) is 7.70. The van der Waals surface area contributed by atoms with Crippen LogP contribution in [0.5, 0.6) is 0 Å². The summed E-state index contributed by atoms with van der Waals surface area (Å²) in [7, 11) is 1.37. The van der Waals surface area contributed by atoms with E-state index in [0.29, 0.717) is 31.0 Å². The van der Waals surface area contributed by atoms with Gasteiger partial charge in [-0.3, -0.25) is 4.98 Å². The minimum atomic E-state index is -0.399. The molecule has 3 rings (SSSR count). The Labute approximate surface area is 168 Å². The zero-order chi connectivity index (χ0) is 20.1. The van der Waals surface area contributed by atoms with E-state index < -0.39 is 5.97 Å². The molecule has 28 heavy (non-hydrogen) atoms. The van der Waals surface area contributed by atoms with E-state index >= 15 is 0 Å². The molecule has 0 aliphatic heterocycles. The highest BCUT2D eigenvalue weighted by molar-refractivity contribution is 6.28. The van der Waals surface area contributed by atoms with Crippen LogP contribution >= 0.6 is 11.6 Å². The number of carbonyl (C=O) groups excluding carboxylic acids is 1. The van der Waals surface area contributed by atoms with Crippen molar-refractivity contribution in [2.24, 2.45) is 0 Å². The molecule has 0 spiro atoms. The Balaban J connectivity index is 1.75. The number of hydrogen-bond donors (Lipinski definition) is 1. The first kappa shape index (κ1) is 20.0. The van der Waals surface area contributed by atoms with Gasteiger partial charge in [-0.1, -0.05) is 6.07 Å². The molecule has 8 heteroatoms. The van der Waals surface area contributed by atoms with Gasteiger partial charge < -0.3 is 14.6 Å². The number of pyridine rings is 1. The van der Waals surface area contributed by atoms with Crippen LogP contribution < -0.4 is 5.32 Å². The number of ether oxygens (including phenoxy) is 1. The Kier molecular flexibility index (Phi) is 6.38. The molecule has 0 aliphatic rings. The second-order valence-corrected chi connectivity index (χ2v) is 6.75. The van der Waals surface area contributed by atoms with Crippen molar-refractivity contribution in [1.29, 1.82) is 0 Å². The number of halogens is 1. The zero-order valence-corrected chi connectivity index (χ0v) is 16.8. The minimum Gasteiger partial charge on any atom is -0.464 e. The van der Waals surface area contributed by atoms with Crippen molar-refractivity contribution in [3.8, 4) is 11.3 Å². The third-order valence-corrected chi connectivity index (χ3v) is 4.47. The van der Waals surface area contributed by atoms with Gasteiger partial charge in [-0.25, -0.2) is 14.8 Å². The van der Waals surface area contributed by atoms with Crippen LogP contribution in [-0.4, -0.2) is 39.1 Å². The van der Waals surface area contributed by atoms with Crippen molar-refractivity contribution in [1.82, 2.24) is 24.8 Å². The van der Waals surface area contributed by atoms with Gasteiger partial charge in [0, 0.05) is 43.3 Å². The largest absolute Gasteiger partial charge is 0.464 e. The fourth-order valence-electron chi connectivity index (χ4n) is 2.93. The number of hydrogen-bond acceptors (Lipinski definition) is 6. The molecule has 0 bridgehead atoms. The molecule has 146 valence electrons. The first-order chi connectivity index (χ1) is 13.5. The maximum absolute atomic E-state index is 12.2. The Morgan fingerprint density at radius 1 is 1.29 bits per heavy atom. The predicted octanol–water partition coefficient (Wildman–Crippen LogP) is 3.19. The average Bonchev–Trinajstić information content (AvgIpc) is 3.10. The normalized spacial score (nSPS) is 10.9. The van der Waals surface area contributed by atoms with Crippen LogP contribution in [0.2, 0.25) is 5.28 Å². The van der Waals surface area contributed by atoms with Crippen molar-refractivity contribution >= 4 is 17.6 Å². The lowest BCUT2D eigenvalue weighted by Gasteiger charge is -2.09. The summed E-state index contributed by atoms with van der Waals surface area (Å²) in [5.41, 5.74) is 4.79. The zero-order valence-electron chi connectivity index (χ0n) is 16.1. The summed E-state index contributed by atoms with van der Waals surface area (Å²) in [5.74, 6) is -0.399. The SMILES string of the molecule is COC(=O)c1cc(-c2nc(Cl)ncc2C)cn1CCNCc1cccc(C)n1. The molecule has 0 fully saturated rings. The van der Waals surface area contributed by atoms with E-state index in [1.165, 1.54) is 7.11 Å². The summed E-state index contributed by atoms with van der Waals surface area (Å²) in [6.45, 7) is 5.78. The van der Waals surface area contributed by atoms with E-state index in [-0.39, 0.29) is 5.28 Å². The number of nitrogens with zero attached hydrogens (tertiary/aromatic N) is 4. The van der Waals surface area contributed by atoms with Crippen molar-refractivity contribution in [3.63, 3.8) is 0 Å². The smallest absolute Gasteiger partial charge is 0.354 e. The Bertz CT molecular complexity index is 986. The Morgan fingerprint density at radius 2 is 2.11 bits per heavy atom. The molecule has 0 radical (unpaired) electrons. The van der Waals surface area contributed by atoms with Gasteiger partial charge in [-0.2, -0.15) is 0 Å². The molecule has 7 nitrogen and oxygen atoms in total. The minimum absolute atomic E-state index is 0.167. The number of aryl methyl sites for hydroxylation is 2. The number of aromatic nitrogens is 4. The van der Waals surface area contributed by atoms with Crippen LogP contribution in [0.15, 0.2) is 36.7 Å². The van der Waals surface area contributed by atoms with Crippen LogP contribution in [0.4, 0.5) is 0 Å². The molecule has 0 unspecified atom stereocenters. The molecular weight excluding hydrogens is 378 g/mol. The van der Waals surface area contributed by atoms with Crippen LogP contribution in [0.3, 0.4) is 0 Å². The lowest BCUT2D eigenvalue weighted by molar-refractivity contribution is 0.0588. The van der Waals surface area contributed by atoms with Crippen molar-refractivity contribution in [3.05, 3.63) is 64.6 Å². The first-order valence-corrected chi connectivity index (χ1v) is 9.27. The number of methoxy groups -OCH3 is 1. The summed E-state index contributed by atoms with van der Waals surface area (Å²) in [5, 5.41) is 3.52. The van der Waals surface area contributed by atoms with E-state index in [1.807, 2.05) is 42.8 Å². The highest BCUT2D eigenvalue weighted by Crippen LogP contribution is 2.24. The monoisotopic (exact) mass is 399 g/mol. The average molecular weight is 400 g/mol. The fraction of sp³-hybridized carbons (Fsp3) is 0.300. The van der Waals surface area contributed by atoms with Gasteiger partial charge >= 0.3 is 5.97 Å². The van der Waals surface area contributed by atoms with Gasteiger partial charge in [0.25, 0.3) is 0 Å². The number of esters is 1. The topological polar surface area (TPSA) is 81.9 Å². The van der Waals surface area contributed by atoms with Gasteiger partial charge in [0.1, 0.15) is 5.69 Å². The number of rotatable bonds is 7. The lowest BCUT2D eigenvalue weighted by atomic mass is 10.1. The van der Waals surface area contributed by atoms with Gasteiger partial charge in [-0.05, 0) is 49.2 Å². The molecule has 3 aromatic rings. The molecule has 0 saturated carbocycles. The second kappa shape index (κ2) is 8.95. The van der Waals surface area contributed by atoms with Gasteiger partial charge in [0.2, 0.25) is 5.28 Å². The van der Waals surface area contributed by atoms with Crippen LogP contribution in [-0.2, 0) is 17.8 Å². The van der Waals surface area contributed by atoms with Gasteiger partial charge in [0.05, 0.1) is 18.5 Å². The van der Waals surface area contributed by atoms with Crippen molar-refractivity contribution in [2.75, 3.05) is 13.7 Å². The molecule has 0 aliphatic carbocycles. The Hall–Kier alpha value is -2.77. The predicted molar refractivity (Wildman–Crippen MR) is 107 cm³/mol. The summed E-state index contributed by atoms with van der Waals surface area (Å²) in [4.78, 5) is 24.9. The van der Waals surface area contributed by atoms with Crippen LogP contribution in [0, 0.1) is 13.8 Å². The highest BCUT2D eigenvalue weighted by Gasteiger charge is 2.17. The van der Waals surface area contributed by atoms with E-state index in [4.69, 9.17) is 16.3 Å². The highest BCUT2D eigenvalue weighted by atomic mass is 35.5. The molecular formula is C20H22ClN5O2. The number of carbonyl (C=O) groups is 1. The molecule has 1 N–H and O–H groups in total. The third-order valence-electron chi connectivity index (χ3n) is 4.29. The third kappa shape index (κ3) is 4.74. The summed E-state index contributed by atoms with van der Waals surface area (Å²) in [6.07, 6.45) is 3.54. The molecule has 0 saturated heterocycles. The van der Waals surface area contributed by atoms with Gasteiger partial charge in [0.15, 0.2) is 0 Å². The molecule has 0 atom stereocenters. The molecule has 3 heterocycles. The van der Waals surface area contributed by atoms with E-state index in [1.54, 1.807) is 12.3 Å². The fourth-order valence-corrected chi connectivity index (χ4v) is 3.06. The molecule has 3 aromatic heterocycles. The molecule has 0 amide bonds.